The number of halogens is 3. The lowest BCUT2D eigenvalue weighted by Crippen LogP contribution is -2.34. The maximum atomic E-state index is 12.7. The topological polar surface area (TPSA) is 12.5 Å². The van der Waals surface area contributed by atoms with Gasteiger partial charge in [-0.15, -0.1) is 0 Å². The molecule has 0 spiro atoms. The van der Waals surface area contributed by atoms with E-state index in [-0.39, 0.29) is 5.75 Å². The number of nitrogens with zero attached hydrogens (tertiary/aromatic N) is 1. The summed E-state index contributed by atoms with van der Waals surface area (Å²) in [5.41, 5.74) is 1.53. The van der Waals surface area contributed by atoms with E-state index in [0.29, 0.717) is 11.5 Å². The average molecular weight is 285 g/mol. The van der Waals surface area contributed by atoms with Crippen LogP contribution in [0, 0.1) is 5.92 Å². The number of fused-ring (bicyclic) bond motifs is 1. The summed E-state index contributed by atoms with van der Waals surface area (Å²) in [5, 5.41) is 0. The molecule has 0 amide bonds. The van der Waals surface area contributed by atoms with Crippen LogP contribution in [0.5, 0.6) is 5.75 Å². The van der Waals surface area contributed by atoms with Gasteiger partial charge in [0.1, 0.15) is 5.75 Å². The van der Waals surface area contributed by atoms with E-state index in [9.17, 15) is 13.2 Å². The van der Waals surface area contributed by atoms with Crippen LogP contribution < -0.4 is 9.64 Å². The quantitative estimate of drug-likeness (QED) is 0.828. The summed E-state index contributed by atoms with van der Waals surface area (Å²) in [7, 11) is 1.92. The molecule has 5 heteroatoms. The number of rotatable bonds is 3. The molecule has 0 radical (unpaired) electrons. The van der Waals surface area contributed by atoms with Gasteiger partial charge in [-0.3, -0.25) is 0 Å². The molecular formula is C15H18F3NO. The zero-order valence-corrected chi connectivity index (χ0v) is 11.7. The van der Waals surface area contributed by atoms with Gasteiger partial charge in [0.05, 0.1) is 0 Å². The Labute approximate surface area is 116 Å². The maximum Gasteiger partial charge on any atom is 0.429 e. The van der Waals surface area contributed by atoms with Gasteiger partial charge in [0, 0.05) is 30.9 Å². The van der Waals surface area contributed by atoms with Gasteiger partial charge in [-0.25, -0.2) is 0 Å². The van der Waals surface area contributed by atoms with Gasteiger partial charge in [-0.05, 0) is 24.1 Å². The van der Waals surface area contributed by atoms with Crippen LogP contribution in [0.2, 0.25) is 0 Å². The fourth-order valence-corrected chi connectivity index (χ4v) is 2.20. The number of anilines is 1. The number of ether oxygens (including phenoxy) is 1. The first-order chi connectivity index (χ1) is 9.27. The largest absolute Gasteiger partial charge is 0.476 e. The van der Waals surface area contributed by atoms with E-state index in [1.807, 2.05) is 18.0 Å². The van der Waals surface area contributed by atoms with Crippen molar-refractivity contribution in [3.8, 4) is 5.75 Å². The summed E-state index contributed by atoms with van der Waals surface area (Å²) < 4.78 is 43.1. The van der Waals surface area contributed by atoms with E-state index in [4.69, 9.17) is 4.74 Å². The average Bonchev–Trinajstić information content (AvgIpc) is 2.35. The van der Waals surface area contributed by atoms with Crippen LogP contribution in [-0.2, 0) is 0 Å². The molecule has 0 aromatic heterocycles. The van der Waals surface area contributed by atoms with Crippen molar-refractivity contribution < 1.29 is 17.9 Å². The molecule has 2 rings (SSSR count). The van der Waals surface area contributed by atoms with Gasteiger partial charge >= 0.3 is 6.18 Å². The Morgan fingerprint density at radius 3 is 2.60 bits per heavy atom. The number of hydrogen-bond acceptors (Lipinski definition) is 2. The van der Waals surface area contributed by atoms with Crippen LogP contribution in [0.3, 0.4) is 0 Å². The molecule has 0 aliphatic carbocycles. The van der Waals surface area contributed by atoms with Crippen LogP contribution in [0.25, 0.3) is 6.08 Å². The van der Waals surface area contributed by atoms with E-state index >= 15 is 0 Å². The van der Waals surface area contributed by atoms with Crippen LogP contribution in [0.4, 0.5) is 18.9 Å². The van der Waals surface area contributed by atoms with Crippen molar-refractivity contribution in [2.45, 2.75) is 26.1 Å². The number of alkyl halides is 3. The third-order valence-electron chi connectivity index (χ3n) is 3.10. The molecule has 110 valence electrons. The lowest BCUT2D eigenvalue weighted by Gasteiger charge is -2.26. The molecule has 2 nitrogen and oxygen atoms in total. The molecule has 20 heavy (non-hydrogen) atoms. The molecule has 1 aromatic rings. The van der Waals surface area contributed by atoms with Gasteiger partial charge in [0.2, 0.25) is 6.10 Å². The zero-order chi connectivity index (χ0) is 14.9. The van der Waals surface area contributed by atoms with Crippen molar-refractivity contribution in [3.63, 3.8) is 0 Å². The highest BCUT2D eigenvalue weighted by Crippen LogP contribution is 2.35. The van der Waals surface area contributed by atoms with Crippen molar-refractivity contribution in [2.24, 2.45) is 5.92 Å². The molecular weight excluding hydrogens is 267 g/mol. The minimum atomic E-state index is -4.38. The van der Waals surface area contributed by atoms with Crippen molar-refractivity contribution in [2.75, 3.05) is 18.5 Å². The van der Waals surface area contributed by atoms with Gasteiger partial charge in [0.15, 0.2) is 0 Å². The van der Waals surface area contributed by atoms with Crippen molar-refractivity contribution in [1.29, 1.82) is 0 Å². The molecule has 1 unspecified atom stereocenters. The summed E-state index contributed by atoms with van der Waals surface area (Å²) in [6.07, 6.45) is -3.74. The first-order valence-electron chi connectivity index (χ1n) is 6.54. The Hall–Kier alpha value is -1.65. The normalized spacial score (nSPS) is 17.9. The lowest BCUT2D eigenvalue weighted by molar-refractivity contribution is -0.180. The second-order valence-electron chi connectivity index (χ2n) is 5.44. The smallest absolute Gasteiger partial charge is 0.429 e. The summed E-state index contributed by atoms with van der Waals surface area (Å²) in [6, 6.07) is 5.34. The number of benzene rings is 1. The molecule has 0 saturated heterocycles. The fourth-order valence-electron chi connectivity index (χ4n) is 2.20. The fraction of sp³-hybridized carbons (Fsp3) is 0.467. The SMILES string of the molecule is CC(C)CN(C)c1ccc2c(c1)OC(C(F)(F)F)C=C2. The Morgan fingerprint density at radius 2 is 2.00 bits per heavy atom. The minimum absolute atomic E-state index is 0.280. The number of hydrogen-bond donors (Lipinski definition) is 0. The second-order valence-corrected chi connectivity index (χ2v) is 5.44. The van der Waals surface area contributed by atoms with Crippen LogP contribution in [0.15, 0.2) is 24.3 Å². The first-order valence-corrected chi connectivity index (χ1v) is 6.54. The third-order valence-corrected chi connectivity index (χ3v) is 3.10. The van der Waals surface area contributed by atoms with Gasteiger partial charge in [0.25, 0.3) is 0 Å². The van der Waals surface area contributed by atoms with E-state index in [1.165, 1.54) is 6.08 Å². The molecule has 0 N–H and O–H groups in total. The molecule has 1 aliphatic heterocycles. The van der Waals surface area contributed by atoms with Crippen LogP contribution in [0.1, 0.15) is 19.4 Å². The minimum Gasteiger partial charge on any atom is -0.476 e. The highest BCUT2D eigenvalue weighted by atomic mass is 19.4. The van der Waals surface area contributed by atoms with E-state index < -0.39 is 12.3 Å². The first kappa shape index (κ1) is 14.8. The van der Waals surface area contributed by atoms with E-state index in [2.05, 4.69) is 13.8 Å². The predicted octanol–water partition coefficient (Wildman–Crippen LogP) is 4.12. The molecule has 1 aliphatic rings. The van der Waals surface area contributed by atoms with Gasteiger partial charge < -0.3 is 9.64 Å². The standard InChI is InChI=1S/C15H18F3NO/c1-10(2)9-19(3)12-6-4-11-5-7-14(15(16,17)18)20-13(11)8-12/h4-8,10,14H,9H2,1-3H3. The van der Waals surface area contributed by atoms with Gasteiger partial charge in [-0.1, -0.05) is 19.9 Å². The highest BCUT2D eigenvalue weighted by molar-refractivity contribution is 5.65. The van der Waals surface area contributed by atoms with Crippen LogP contribution >= 0.6 is 0 Å². The van der Waals surface area contributed by atoms with Gasteiger partial charge in [-0.2, -0.15) is 13.2 Å². The third kappa shape index (κ3) is 3.26. The van der Waals surface area contributed by atoms with Crippen LogP contribution in [-0.4, -0.2) is 25.9 Å². The summed E-state index contributed by atoms with van der Waals surface area (Å²) in [4.78, 5) is 2.01. The van der Waals surface area contributed by atoms with E-state index in [1.54, 1.807) is 12.1 Å². The molecule has 1 heterocycles. The highest BCUT2D eigenvalue weighted by Gasteiger charge is 2.41. The molecule has 1 atom stereocenters. The maximum absolute atomic E-state index is 12.7. The van der Waals surface area contributed by atoms with E-state index in [0.717, 1.165) is 18.3 Å². The molecule has 1 aromatic carbocycles. The molecule has 0 saturated carbocycles. The second kappa shape index (κ2) is 5.38. The molecule has 0 fully saturated rings. The summed E-state index contributed by atoms with van der Waals surface area (Å²) >= 11 is 0. The Balaban J connectivity index is 2.22. The lowest BCUT2D eigenvalue weighted by atomic mass is 10.1. The predicted molar refractivity (Wildman–Crippen MR) is 74.1 cm³/mol. The van der Waals surface area contributed by atoms with Crippen molar-refractivity contribution in [3.05, 3.63) is 29.8 Å². The van der Waals surface area contributed by atoms with Crippen molar-refractivity contribution >= 4 is 11.8 Å². The summed E-state index contributed by atoms with van der Waals surface area (Å²) in [6.45, 7) is 5.01. The monoisotopic (exact) mass is 285 g/mol. The summed E-state index contributed by atoms with van der Waals surface area (Å²) in [5.74, 6) is 0.753. The Bertz CT molecular complexity index is 508. The zero-order valence-electron chi connectivity index (χ0n) is 11.7. The van der Waals surface area contributed by atoms with Crippen molar-refractivity contribution in [1.82, 2.24) is 0 Å². The Kier molecular flexibility index (Phi) is 3.97. The molecule has 0 bridgehead atoms. The Morgan fingerprint density at radius 1 is 1.30 bits per heavy atom.